The number of halogens is 3. The van der Waals surface area contributed by atoms with Gasteiger partial charge in [-0.2, -0.15) is 25.3 Å². The largest absolute Gasteiger partial charge is 0.495 e. The van der Waals surface area contributed by atoms with Gasteiger partial charge in [-0.3, -0.25) is 0 Å². The summed E-state index contributed by atoms with van der Waals surface area (Å²) in [6.45, 7) is 2.33. The number of hydrogen-bond donors (Lipinski definition) is 4. The standard InChI is InChI=1S/C13H29Cl3O3S2Si2/c1-2-12(6-9-21)11-23(17,18)19-7-5-13(4-3-8-20)10-22(14,15)16/h12-13,17-18,20-21H,2-11H2,1H3. The third-order valence-electron chi connectivity index (χ3n) is 3.82. The van der Waals surface area contributed by atoms with Gasteiger partial charge in [0.25, 0.3) is 0 Å². The van der Waals surface area contributed by atoms with Crippen LogP contribution in [-0.2, 0) is 4.43 Å². The fraction of sp³-hybridized carbons (Fsp3) is 1.00. The molecule has 0 aliphatic heterocycles. The molecular weight excluding hydrogens is 431 g/mol. The van der Waals surface area contributed by atoms with E-state index in [1.54, 1.807) is 0 Å². The molecule has 2 N–H and O–H groups in total. The first-order valence-corrected chi connectivity index (χ1v) is 16.5. The maximum atomic E-state index is 10.1. The van der Waals surface area contributed by atoms with E-state index in [0.29, 0.717) is 25.1 Å². The van der Waals surface area contributed by atoms with Crippen molar-refractivity contribution < 1.29 is 14.0 Å². The van der Waals surface area contributed by atoms with Crippen LogP contribution >= 0.6 is 58.5 Å². The molecule has 0 aliphatic carbocycles. The van der Waals surface area contributed by atoms with Gasteiger partial charge in [-0.1, -0.05) is 13.3 Å². The molecule has 0 rings (SSSR count). The number of hydrogen-bond acceptors (Lipinski definition) is 5. The van der Waals surface area contributed by atoms with Crippen LogP contribution in [0.2, 0.25) is 12.1 Å². The maximum Gasteiger partial charge on any atom is 0.495 e. The minimum Gasteiger partial charge on any atom is -0.390 e. The van der Waals surface area contributed by atoms with E-state index < -0.39 is 14.8 Å². The molecule has 0 aromatic carbocycles. The van der Waals surface area contributed by atoms with Crippen LogP contribution in [0.25, 0.3) is 0 Å². The summed E-state index contributed by atoms with van der Waals surface area (Å²) in [4.78, 5) is 20.3. The average molecular weight is 460 g/mol. The highest BCUT2D eigenvalue weighted by Gasteiger charge is 2.36. The molecule has 140 valence electrons. The van der Waals surface area contributed by atoms with Crippen LogP contribution in [0.1, 0.15) is 39.0 Å². The molecule has 23 heavy (non-hydrogen) atoms. The van der Waals surface area contributed by atoms with E-state index in [2.05, 4.69) is 25.3 Å². The molecule has 2 unspecified atom stereocenters. The van der Waals surface area contributed by atoms with Crippen molar-refractivity contribution >= 4 is 73.3 Å². The lowest BCUT2D eigenvalue weighted by atomic mass is 10.0. The lowest BCUT2D eigenvalue weighted by Gasteiger charge is -2.25. The van der Waals surface area contributed by atoms with Crippen molar-refractivity contribution in [2.45, 2.75) is 51.1 Å². The lowest BCUT2D eigenvalue weighted by Crippen LogP contribution is -2.41. The molecule has 0 saturated carbocycles. The Balaban J connectivity index is 4.32. The molecule has 2 atom stereocenters. The monoisotopic (exact) mass is 458 g/mol. The van der Waals surface area contributed by atoms with Crippen molar-refractivity contribution in [2.75, 3.05) is 18.1 Å². The van der Waals surface area contributed by atoms with Crippen molar-refractivity contribution in [2.24, 2.45) is 11.8 Å². The zero-order chi connectivity index (χ0) is 17.9. The number of thiol groups is 2. The van der Waals surface area contributed by atoms with Gasteiger partial charge in [0.15, 0.2) is 0 Å². The van der Waals surface area contributed by atoms with E-state index in [-0.39, 0.29) is 11.8 Å². The third-order valence-corrected chi connectivity index (χ3v) is 8.60. The Hall–Kier alpha value is 1.88. The second kappa shape index (κ2) is 13.1. The van der Waals surface area contributed by atoms with Crippen LogP contribution in [0.4, 0.5) is 0 Å². The molecule has 0 aliphatic rings. The van der Waals surface area contributed by atoms with Gasteiger partial charge in [0.1, 0.15) is 0 Å². The van der Waals surface area contributed by atoms with Gasteiger partial charge in [-0.25, -0.2) is 0 Å². The van der Waals surface area contributed by atoms with Crippen LogP contribution < -0.4 is 0 Å². The first-order valence-electron chi connectivity index (χ1n) is 8.00. The van der Waals surface area contributed by atoms with Crippen LogP contribution in [0.5, 0.6) is 0 Å². The van der Waals surface area contributed by atoms with Gasteiger partial charge in [-0.15, -0.1) is 33.2 Å². The van der Waals surface area contributed by atoms with E-state index in [1.165, 1.54) is 0 Å². The van der Waals surface area contributed by atoms with Gasteiger partial charge in [0, 0.05) is 12.7 Å². The van der Waals surface area contributed by atoms with Gasteiger partial charge >= 0.3 is 14.8 Å². The molecule has 0 heterocycles. The molecule has 10 heteroatoms. The zero-order valence-electron chi connectivity index (χ0n) is 13.6. The predicted molar refractivity (Wildman–Crippen MR) is 113 cm³/mol. The van der Waals surface area contributed by atoms with Gasteiger partial charge in [0.05, 0.1) is 0 Å². The van der Waals surface area contributed by atoms with E-state index in [4.69, 9.17) is 37.7 Å². The highest BCUT2D eigenvalue weighted by Crippen LogP contribution is 2.33. The quantitative estimate of drug-likeness (QED) is 0.174. The summed E-state index contributed by atoms with van der Waals surface area (Å²) >= 11 is 26.4. The van der Waals surface area contributed by atoms with Gasteiger partial charge in [0.2, 0.25) is 0 Å². The fourth-order valence-electron chi connectivity index (χ4n) is 2.51. The summed E-state index contributed by atoms with van der Waals surface area (Å²) in [6, 6.07) is -1.80. The highest BCUT2D eigenvalue weighted by atomic mass is 35.8. The normalized spacial score (nSPS) is 15.7. The molecule has 0 fully saturated rings. The number of rotatable bonds is 14. The van der Waals surface area contributed by atoms with Crippen LogP contribution in [0.3, 0.4) is 0 Å². The molecule has 0 aromatic heterocycles. The van der Waals surface area contributed by atoms with E-state index in [0.717, 1.165) is 37.2 Å². The Morgan fingerprint density at radius 1 is 0.957 bits per heavy atom. The van der Waals surface area contributed by atoms with Crippen molar-refractivity contribution in [3.63, 3.8) is 0 Å². The minimum atomic E-state index is -3.62. The Bertz CT molecular complexity index is 311. The molecule has 0 amide bonds. The molecule has 0 aromatic rings. The smallest absolute Gasteiger partial charge is 0.390 e. The molecule has 3 nitrogen and oxygen atoms in total. The van der Waals surface area contributed by atoms with Crippen LogP contribution in [0.15, 0.2) is 0 Å². The highest BCUT2D eigenvalue weighted by molar-refractivity contribution is 7.80. The fourth-order valence-corrected chi connectivity index (χ4v) is 7.89. The van der Waals surface area contributed by atoms with Crippen LogP contribution in [0, 0.1) is 11.8 Å². The van der Waals surface area contributed by atoms with E-state index in [9.17, 15) is 9.59 Å². The summed E-state index contributed by atoms with van der Waals surface area (Å²) in [6.07, 6.45) is 4.29. The SMILES string of the molecule is CCC(CCS)C[Si](O)(O)OCCC(CCCS)C[Si](Cl)(Cl)Cl. The maximum absolute atomic E-state index is 10.1. The molecule has 0 radical (unpaired) electrons. The zero-order valence-corrected chi connectivity index (χ0v) is 19.6. The predicted octanol–water partition coefficient (Wildman–Crippen LogP) is 4.64. The Labute approximate surface area is 167 Å². The first-order chi connectivity index (χ1) is 10.6. The third kappa shape index (κ3) is 14.7. The molecule has 0 spiro atoms. The first kappa shape index (κ1) is 24.9. The summed E-state index contributed by atoms with van der Waals surface area (Å²) < 4.78 is 5.43. The van der Waals surface area contributed by atoms with E-state index in [1.807, 2.05) is 6.92 Å². The Morgan fingerprint density at radius 2 is 1.61 bits per heavy atom. The average Bonchev–Trinajstić information content (AvgIpc) is 2.42. The van der Waals surface area contributed by atoms with Crippen molar-refractivity contribution in [1.82, 2.24) is 0 Å². The summed E-state index contributed by atoms with van der Waals surface area (Å²) in [5.41, 5.74) is 0. The van der Waals surface area contributed by atoms with Crippen molar-refractivity contribution in [3.05, 3.63) is 0 Å². The topological polar surface area (TPSA) is 49.7 Å². The van der Waals surface area contributed by atoms with Gasteiger partial charge in [-0.05, 0) is 55.1 Å². The Morgan fingerprint density at radius 3 is 2.09 bits per heavy atom. The van der Waals surface area contributed by atoms with E-state index >= 15 is 0 Å². The Kier molecular flexibility index (Phi) is 14.2. The second-order valence-electron chi connectivity index (χ2n) is 5.92. The van der Waals surface area contributed by atoms with Crippen LogP contribution in [-0.4, -0.2) is 42.5 Å². The molecular formula is C13H29Cl3O3S2Si2. The van der Waals surface area contributed by atoms with Crippen molar-refractivity contribution in [1.29, 1.82) is 0 Å². The summed E-state index contributed by atoms with van der Waals surface area (Å²) in [5, 5.41) is 0. The van der Waals surface area contributed by atoms with Crippen molar-refractivity contribution in [3.8, 4) is 0 Å². The minimum absolute atomic E-state index is 0.227. The lowest BCUT2D eigenvalue weighted by molar-refractivity contribution is 0.131. The molecule has 0 saturated heterocycles. The second-order valence-corrected chi connectivity index (χ2v) is 18.2. The van der Waals surface area contributed by atoms with Gasteiger partial charge < -0.3 is 14.0 Å². The summed E-state index contributed by atoms with van der Waals surface area (Å²) in [5.74, 6) is 2.00. The molecule has 0 bridgehead atoms. The summed E-state index contributed by atoms with van der Waals surface area (Å²) in [7, 11) is -3.62.